The summed E-state index contributed by atoms with van der Waals surface area (Å²) in [6.07, 6.45) is 2.03. The van der Waals surface area contributed by atoms with Gasteiger partial charge in [-0.15, -0.1) is 0 Å². The first-order chi connectivity index (χ1) is 17.2. The zero-order valence-corrected chi connectivity index (χ0v) is 21.4. The maximum atomic E-state index is 14.4. The molecule has 0 saturated heterocycles. The van der Waals surface area contributed by atoms with Crippen molar-refractivity contribution < 1.29 is 18.7 Å². The minimum atomic E-state index is -0.606. The van der Waals surface area contributed by atoms with Gasteiger partial charge in [-0.2, -0.15) is 0 Å². The van der Waals surface area contributed by atoms with Crippen molar-refractivity contribution in [1.29, 1.82) is 0 Å². The molecule has 0 bridgehead atoms. The Morgan fingerprint density at radius 1 is 1.03 bits per heavy atom. The van der Waals surface area contributed by atoms with Crippen molar-refractivity contribution in [3.05, 3.63) is 95.1 Å². The van der Waals surface area contributed by atoms with Gasteiger partial charge in [-0.1, -0.05) is 57.2 Å². The Bertz CT molecular complexity index is 1210. The van der Waals surface area contributed by atoms with Gasteiger partial charge < -0.3 is 19.1 Å². The summed E-state index contributed by atoms with van der Waals surface area (Å²) in [7, 11) is 1.53. The van der Waals surface area contributed by atoms with E-state index < -0.39 is 11.7 Å². The molecule has 0 radical (unpaired) electrons. The van der Waals surface area contributed by atoms with Crippen LogP contribution in [0.1, 0.15) is 54.0 Å². The Kier molecular flexibility index (Phi) is 7.59. The summed E-state index contributed by atoms with van der Waals surface area (Å²) in [6.45, 7) is 7.97. The van der Waals surface area contributed by atoms with Crippen LogP contribution in [0.5, 0.6) is 0 Å². The molecule has 0 fully saturated rings. The second kappa shape index (κ2) is 10.7. The number of methoxy groups -OCH3 is 1. The van der Waals surface area contributed by atoms with Crippen LogP contribution in [0.3, 0.4) is 0 Å². The summed E-state index contributed by atoms with van der Waals surface area (Å²) in [5.74, 6) is -1.32. The topological polar surface area (TPSA) is 54.8 Å². The van der Waals surface area contributed by atoms with Gasteiger partial charge in [-0.3, -0.25) is 9.59 Å². The van der Waals surface area contributed by atoms with E-state index in [0.29, 0.717) is 13.1 Å². The second-order valence-corrected chi connectivity index (χ2v) is 10.2. The lowest BCUT2D eigenvalue weighted by Crippen LogP contribution is -2.48. The Balaban J connectivity index is 1.63. The van der Waals surface area contributed by atoms with Gasteiger partial charge in [0, 0.05) is 38.6 Å². The number of aromatic nitrogens is 1. The molecule has 1 aliphatic heterocycles. The molecule has 2 aromatic carbocycles. The number of carbonyl (C=O) groups excluding carboxylic acids is 2. The number of carbonyl (C=O) groups is 2. The monoisotopic (exact) mass is 491 g/mol. The molecule has 4 rings (SSSR count). The number of fused-ring (bicyclic) bond motifs is 1. The van der Waals surface area contributed by atoms with Crippen molar-refractivity contribution in [2.24, 2.45) is 0 Å². The van der Waals surface area contributed by atoms with E-state index in [0.717, 1.165) is 11.3 Å². The van der Waals surface area contributed by atoms with Crippen LogP contribution < -0.4 is 0 Å². The molecule has 6 nitrogen and oxygen atoms in total. The van der Waals surface area contributed by atoms with Crippen LogP contribution in [-0.2, 0) is 21.5 Å². The number of rotatable bonds is 7. The van der Waals surface area contributed by atoms with Crippen molar-refractivity contribution in [2.75, 3.05) is 33.4 Å². The van der Waals surface area contributed by atoms with Gasteiger partial charge in [-0.25, -0.2) is 4.39 Å². The van der Waals surface area contributed by atoms with E-state index in [1.807, 2.05) is 23.2 Å². The van der Waals surface area contributed by atoms with Crippen LogP contribution in [0.15, 0.2) is 66.9 Å². The first-order valence-electron chi connectivity index (χ1n) is 12.3. The lowest BCUT2D eigenvalue weighted by molar-refractivity contribution is -0.134. The third kappa shape index (κ3) is 5.36. The molecular formula is C29H34FN3O3. The summed E-state index contributed by atoms with van der Waals surface area (Å²) in [4.78, 5) is 30.1. The van der Waals surface area contributed by atoms with Crippen molar-refractivity contribution >= 4 is 11.8 Å². The molecule has 2 amide bonds. The fourth-order valence-corrected chi connectivity index (χ4v) is 4.68. The van der Waals surface area contributed by atoms with Crippen LogP contribution in [-0.4, -0.2) is 59.5 Å². The van der Waals surface area contributed by atoms with Crippen LogP contribution in [0.4, 0.5) is 4.39 Å². The molecule has 0 aliphatic carbocycles. The zero-order chi connectivity index (χ0) is 25.9. The number of hydrogen-bond acceptors (Lipinski definition) is 3. The Morgan fingerprint density at radius 2 is 1.75 bits per heavy atom. The molecule has 3 aromatic rings. The van der Waals surface area contributed by atoms with Gasteiger partial charge >= 0.3 is 0 Å². The van der Waals surface area contributed by atoms with Gasteiger partial charge in [0.2, 0.25) is 5.91 Å². The van der Waals surface area contributed by atoms with Crippen molar-refractivity contribution in [3.63, 3.8) is 0 Å². The highest BCUT2D eigenvalue weighted by Gasteiger charge is 2.34. The van der Waals surface area contributed by atoms with E-state index >= 15 is 0 Å². The van der Waals surface area contributed by atoms with E-state index in [2.05, 4.69) is 49.6 Å². The standard InChI is InChI=1S/C29H34FN3O3/c1-29(2,3)22-13-11-21(12-14-22)27-25-10-7-15-31(25)16-17-33(27)26(34)20-32(18-19-36-4)28(35)23-8-5-6-9-24(23)30/h5-15,27H,16-20H2,1-4H3/t27-/m0/s1. The van der Waals surface area contributed by atoms with Gasteiger partial charge in [0.15, 0.2) is 0 Å². The first-order valence-corrected chi connectivity index (χ1v) is 12.3. The number of hydrogen-bond donors (Lipinski definition) is 0. The average Bonchev–Trinajstić information content (AvgIpc) is 3.34. The van der Waals surface area contributed by atoms with Crippen molar-refractivity contribution in [1.82, 2.24) is 14.4 Å². The van der Waals surface area contributed by atoms with E-state index in [1.54, 1.807) is 6.07 Å². The summed E-state index contributed by atoms with van der Waals surface area (Å²) in [5.41, 5.74) is 3.23. The molecule has 2 heterocycles. The highest BCUT2D eigenvalue weighted by molar-refractivity contribution is 5.96. The van der Waals surface area contributed by atoms with Crippen LogP contribution in [0.2, 0.25) is 0 Å². The second-order valence-electron chi connectivity index (χ2n) is 10.2. The lowest BCUT2D eigenvalue weighted by atomic mass is 9.86. The quantitative estimate of drug-likeness (QED) is 0.484. The van der Waals surface area contributed by atoms with Gasteiger partial charge in [-0.05, 0) is 40.8 Å². The number of amides is 2. The van der Waals surface area contributed by atoms with Crippen LogP contribution in [0, 0.1) is 5.82 Å². The number of nitrogens with zero attached hydrogens (tertiary/aromatic N) is 3. The normalized spacial score (nSPS) is 15.5. The summed E-state index contributed by atoms with van der Waals surface area (Å²) in [6, 6.07) is 18.0. The third-order valence-corrected chi connectivity index (χ3v) is 6.73. The van der Waals surface area contributed by atoms with E-state index in [1.165, 1.54) is 35.8 Å². The summed E-state index contributed by atoms with van der Waals surface area (Å²) < 4.78 is 21.7. The van der Waals surface area contributed by atoms with Crippen molar-refractivity contribution in [3.8, 4) is 0 Å². The van der Waals surface area contributed by atoms with Crippen LogP contribution in [0.25, 0.3) is 0 Å². The lowest BCUT2D eigenvalue weighted by Gasteiger charge is -2.38. The largest absolute Gasteiger partial charge is 0.383 e. The Hall–Kier alpha value is -3.45. The molecule has 0 N–H and O–H groups in total. The number of halogens is 1. The van der Waals surface area contributed by atoms with E-state index in [4.69, 9.17) is 4.74 Å². The van der Waals surface area contributed by atoms with Gasteiger partial charge in [0.25, 0.3) is 5.91 Å². The van der Waals surface area contributed by atoms with Crippen molar-refractivity contribution in [2.45, 2.75) is 38.8 Å². The zero-order valence-electron chi connectivity index (χ0n) is 21.4. The molecule has 1 aliphatic rings. The molecule has 7 heteroatoms. The summed E-state index contributed by atoms with van der Waals surface area (Å²) >= 11 is 0. The predicted octanol–water partition coefficient (Wildman–Crippen LogP) is 4.65. The predicted molar refractivity (Wildman–Crippen MR) is 137 cm³/mol. The fourth-order valence-electron chi connectivity index (χ4n) is 4.68. The average molecular weight is 492 g/mol. The number of benzene rings is 2. The molecule has 1 aromatic heterocycles. The van der Waals surface area contributed by atoms with Crippen LogP contribution >= 0.6 is 0 Å². The van der Waals surface area contributed by atoms with Gasteiger partial charge in [0.05, 0.1) is 18.2 Å². The highest BCUT2D eigenvalue weighted by Crippen LogP contribution is 2.34. The molecule has 1 atom stereocenters. The molecule has 190 valence electrons. The molecular weight excluding hydrogens is 457 g/mol. The molecule has 0 unspecified atom stereocenters. The minimum absolute atomic E-state index is 0.0236. The minimum Gasteiger partial charge on any atom is -0.383 e. The smallest absolute Gasteiger partial charge is 0.257 e. The highest BCUT2D eigenvalue weighted by atomic mass is 19.1. The SMILES string of the molecule is COCCN(CC(=O)N1CCn2cccc2[C@@H]1c1ccc(C(C)(C)C)cc1)C(=O)c1ccccc1F. The van der Waals surface area contributed by atoms with E-state index in [9.17, 15) is 14.0 Å². The number of ether oxygens (including phenoxy) is 1. The fraction of sp³-hybridized carbons (Fsp3) is 0.379. The molecule has 0 saturated carbocycles. The van der Waals surface area contributed by atoms with Gasteiger partial charge in [0.1, 0.15) is 12.4 Å². The molecule has 0 spiro atoms. The maximum absolute atomic E-state index is 14.4. The third-order valence-electron chi connectivity index (χ3n) is 6.73. The van der Waals surface area contributed by atoms with E-state index in [-0.39, 0.29) is 42.6 Å². The molecule has 36 heavy (non-hydrogen) atoms. The summed E-state index contributed by atoms with van der Waals surface area (Å²) in [5, 5.41) is 0. The first kappa shape index (κ1) is 25.6. The Labute approximate surface area is 212 Å². The Morgan fingerprint density at radius 3 is 2.42 bits per heavy atom. The maximum Gasteiger partial charge on any atom is 0.257 e.